The summed E-state index contributed by atoms with van der Waals surface area (Å²) < 4.78 is 5.39. The van der Waals surface area contributed by atoms with E-state index in [1.165, 1.54) is 17.5 Å². The van der Waals surface area contributed by atoms with E-state index < -0.39 is 0 Å². The monoisotopic (exact) mass is 350 g/mol. The highest BCUT2D eigenvalue weighted by molar-refractivity contribution is 6.30. The summed E-state index contributed by atoms with van der Waals surface area (Å²) in [5.41, 5.74) is 5.32. The van der Waals surface area contributed by atoms with Crippen molar-refractivity contribution in [2.45, 2.75) is 13.8 Å². The number of nitrogens with one attached hydrogen (secondary N) is 1. The number of rotatable bonds is 3. The Bertz CT molecular complexity index is 1040. The van der Waals surface area contributed by atoms with Crippen LogP contribution < -0.4 is 5.32 Å². The van der Waals surface area contributed by atoms with Gasteiger partial charge in [-0.2, -0.15) is 4.98 Å². The molecular formula is C19H15ClN4O. The first-order chi connectivity index (χ1) is 12.1. The van der Waals surface area contributed by atoms with Crippen LogP contribution in [0.2, 0.25) is 5.02 Å². The SMILES string of the molecule is Cc1cc(C)cc(Nc2ncnc3onc(-c4ccc(Cl)cc4)c23)c1. The van der Waals surface area contributed by atoms with E-state index in [2.05, 4.69) is 52.5 Å². The summed E-state index contributed by atoms with van der Waals surface area (Å²) in [5.74, 6) is 0.654. The van der Waals surface area contributed by atoms with Crippen molar-refractivity contribution >= 4 is 34.2 Å². The summed E-state index contributed by atoms with van der Waals surface area (Å²) in [6, 6.07) is 13.7. The number of aryl methyl sites for hydroxylation is 2. The molecule has 5 nitrogen and oxygen atoms in total. The highest BCUT2D eigenvalue weighted by Gasteiger charge is 2.17. The van der Waals surface area contributed by atoms with Crippen LogP contribution in [0.3, 0.4) is 0 Å². The van der Waals surface area contributed by atoms with Gasteiger partial charge in [0.25, 0.3) is 5.71 Å². The zero-order valence-corrected chi connectivity index (χ0v) is 14.5. The molecule has 0 bridgehead atoms. The van der Waals surface area contributed by atoms with Gasteiger partial charge < -0.3 is 9.84 Å². The minimum atomic E-state index is 0.437. The summed E-state index contributed by atoms with van der Waals surface area (Å²) in [6.45, 7) is 4.12. The third-order valence-electron chi connectivity index (χ3n) is 3.87. The smallest absolute Gasteiger partial charge is 0.263 e. The standard InChI is InChI=1S/C19H15ClN4O/c1-11-7-12(2)9-15(8-11)23-18-16-17(13-3-5-14(20)6-4-13)24-25-19(16)22-10-21-18/h3-10H,1-2H3,(H,21,22,23). The first-order valence-electron chi connectivity index (χ1n) is 7.82. The van der Waals surface area contributed by atoms with Crippen molar-refractivity contribution in [3.63, 3.8) is 0 Å². The minimum Gasteiger partial charge on any atom is -0.339 e. The number of hydrogen-bond donors (Lipinski definition) is 1. The molecule has 0 spiro atoms. The van der Waals surface area contributed by atoms with E-state index in [4.69, 9.17) is 16.1 Å². The zero-order valence-electron chi connectivity index (χ0n) is 13.7. The van der Waals surface area contributed by atoms with Gasteiger partial charge >= 0.3 is 0 Å². The number of hydrogen-bond acceptors (Lipinski definition) is 5. The van der Waals surface area contributed by atoms with E-state index in [0.717, 1.165) is 16.6 Å². The second-order valence-electron chi connectivity index (χ2n) is 5.94. The van der Waals surface area contributed by atoms with Gasteiger partial charge in [0.15, 0.2) is 0 Å². The van der Waals surface area contributed by atoms with Crippen LogP contribution in [0.25, 0.3) is 22.4 Å². The molecule has 25 heavy (non-hydrogen) atoms. The molecule has 0 aliphatic rings. The fourth-order valence-electron chi connectivity index (χ4n) is 2.87. The summed E-state index contributed by atoms with van der Waals surface area (Å²) in [6.07, 6.45) is 1.46. The van der Waals surface area contributed by atoms with Gasteiger partial charge in [-0.25, -0.2) is 4.98 Å². The Morgan fingerprint density at radius 3 is 2.40 bits per heavy atom. The number of nitrogens with zero attached hydrogens (tertiary/aromatic N) is 3. The Balaban J connectivity index is 1.84. The largest absolute Gasteiger partial charge is 0.339 e. The maximum atomic E-state index is 5.98. The fraction of sp³-hybridized carbons (Fsp3) is 0.105. The maximum absolute atomic E-state index is 5.98. The fourth-order valence-corrected chi connectivity index (χ4v) is 3.00. The van der Waals surface area contributed by atoms with Gasteiger partial charge in [-0.3, -0.25) is 0 Å². The van der Waals surface area contributed by atoms with Crippen LogP contribution in [-0.4, -0.2) is 15.1 Å². The van der Waals surface area contributed by atoms with Crippen molar-refractivity contribution in [3.05, 3.63) is 64.9 Å². The summed E-state index contributed by atoms with van der Waals surface area (Å²) in [7, 11) is 0. The Morgan fingerprint density at radius 1 is 0.960 bits per heavy atom. The van der Waals surface area contributed by atoms with Crippen molar-refractivity contribution in [1.29, 1.82) is 0 Å². The lowest BCUT2D eigenvalue weighted by molar-refractivity contribution is 0.451. The van der Waals surface area contributed by atoms with Crippen LogP contribution >= 0.6 is 11.6 Å². The average Bonchev–Trinajstić information content (AvgIpc) is 3.00. The van der Waals surface area contributed by atoms with Crippen LogP contribution in [0.1, 0.15) is 11.1 Å². The van der Waals surface area contributed by atoms with E-state index in [9.17, 15) is 0 Å². The first kappa shape index (κ1) is 15.6. The molecule has 0 fully saturated rings. The maximum Gasteiger partial charge on any atom is 0.263 e. The van der Waals surface area contributed by atoms with Crippen molar-refractivity contribution in [3.8, 4) is 11.3 Å². The molecule has 0 unspecified atom stereocenters. The van der Waals surface area contributed by atoms with Gasteiger partial charge in [0.1, 0.15) is 23.2 Å². The van der Waals surface area contributed by atoms with Gasteiger partial charge in [-0.05, 0) is 49.2 Å². The topological polar surface area (TPSA) is 63.8 Å². The molecule has 1 N–H and O–H groups in total. The lowest BCUT2D eigenvalue weighted by Crippen LogP contribution is -1.96. The lowest BCUT2D eigenvalue weighted by atomic mass is 10.1. The van der Waals surface area contributed by atoms with Crippen molar-refractivity contribution in [1.82, 2.24) is 15.1 Å². The van der Waals surface area contributed by atoms with Gasteiger partial charge in [0.2, 0.25) is 0 Å². The highest BCUT2D eigenvalue weighted by atomic mass is 35.5. The molecule has 6 heteroatoms. The molecule has 0 saturated heterocycles. The van der Waals surface area contributed by atoms with Gasteiger partial charge in [0, 0.05) is 16.3 Å². The quantitative estimate of drug-likeness (QED) is 0.543. The summed E-state index contributed by atoms with van der Waals surface area (Å²) in [4.78, 5) is 8.57. The summed E-state index contributed by atoms with van der Waals surface area (Å²) in [5, 5.41) is 8.94. The molecule has 2 aromatic carbocycles. The van der Waals surface area contributed by atoms with Crippen LogP contribution in [0, 0.1) is 13.8 Å². The van der Waals surface area contributed by atoms with Gasteiger partial charge in [-0.15, -0.1) is 0 Å². The Morgan fingerprint density at radius 2 is 1.68 bits per heavy atom. The van der Waals surface area contributed by atoms with E-state index in [1.54, 1.807) is 0 Å². The Hall–Kier alpha value is -2.92. The molecule has 4 aromatic rings. The van der Waals surface area contributed by atoms with Crippen LogP contribution in [0.5, 0.6) is 0 Å². The second kappa shape index (κ2) is 6.18. The van der Waals surface area contributed by atoms with E-state index in [1.807, 2.05) is 24.3 Å². The number of aromatic nitrogens is 3. The van der Waals surface area contributed by atoms with Crippen LogP contribution in [-0.2, 0) is 0 Å². The second-order valence-corrected chi connectivity index (χ2v) is 6.38. The van der Waals surface area contributed by atoms with Crippen molar-refractivity contribution < 1.29 is 4.52 Å². The van der Waals surface area contributed by atoms with E-state index in [-0.39, 0.29) is 0 Å². The molecule has 0 aliphatic carbocycles. The molecule has 0 radical (unpaired) electrons. The van der Waals surface area contributed by atoms with Crippen molar-refractivity contribution in [2.75, 3.05) is 5.32 Å². The number of fused-ring (bicyclic) bond motifs is 1. The lowest BCUT2D eigenvalue weighted by Gasteiger charge is -2.09. The van der Waals surface area contributed by atoms with Gasteiger partial charge in [-0.1, -0.05) is 35.0 Å². The first-order valence-corrected chi connectivity index (χ1v) is 8.19. The molecule has 2 aromatic heterocycles. The number of anilines is 2. The molecule has 4 rings (SSSR count). The Kier molecular flexibility index (Phi) is 3.86. The molecule has 0 atom stereocenters. The molecule has 2 heterocycles. The predicted molar refractivity (Wildman–Crippen MR) is 99.2 cm³/mol. The predicted octanol–water partition coefficient (Wildman–Crippen LogP) is 5.30. The average molecular weight is 351 g/mol. The molecule has 124 valence electrons. The van der Waals surface area contributed by atoms with Crippen molar-refractivity contribution in [2.24, 2.45) is 0 Å². The highest BCUT2D eigenvalue weighted by Crippen LogP contribution is 2.33. The van der Waals surface area contributed by atoms with E-state index in [0.29, 0.717) is 22.2 Å². The minimum absolute atomic E-state index is 0.437. The number of benzene rings is 2. The summed E-state index contributed by atoms with van der Waals surface area (Å²) >= 11 is 5.98. The third kappa shape index (κ3) is 3.06. The molecule has 0 amide bonds. The molecular weight excluding hydrogens is 336 g/mol. The normalized spacial score (nSPS) is 11.0. The molecule has 0 aliphatic heterocycles. The Labute approximate surface area is 149 Å². The van der Waals surface area contributed by atoms with Gasteiger partial charge in [0.05, 0.1) is 0 Å². The van der Waals surface area contributed by atoms with Crippen LogP contribution in [0.4, 0.5) is 11.5 Å². The number of halogens is 1. The van der Waals surface area contributed by atoms with E-state index >= 15 is 0 Å². The zero-order chi connectivity index (χ0) is 17.4. The molecule has 0 saturated carbocycles. The third-order valence-corrected chi connectivity index (χ3v) is 4.13. The van der Waals surface area contributed by atoms with Crippen LogP contribution in [0.15, 0.2) is 53.3 Å².